The van der Waals surface area contributed by atoms with Gasteiger partial charge >= 0.3 is 5.97 Å². The van der Waals surface area contributed by atoms with E-state index in [0.717, 1.165) is 21.9 Å². The van der Waals surface area contributed by atoms with Crippen LogP contribution in [0.1, 0.15) is 22.3 Å². The molecule has 0 saturated carbocycles. The van der Waals surface area contributed by atoms with Crippen molar-refractivity contribution in [1.29, 1.82) is 0 Å². The normalized spacial score (nSPS) is 10.7. The standard InChI is InChI=1S/C24H25NO5/c1-25(2)24(28)19-12-13-20(29-3)22(23(19)30-4)18-10-6-8-16-15(11-14-21(26)27)7-5-9-17(16)18/h5-10,12-13H,11,14H2,1-4H3,(H,26,27). The molecule has 0 heterocycles. The van der Waals surface area contributed by atoms with Crippen molar-refractivity contribution in [1.82, 2.24) is 4.90 Å². The Kier molecular flexibility index (Phi) is 6.26. The molecule has 0 fully saturated rings. The lowest BCUT2D eigenvalue weighted by Crippen LogP contribution is -2.22. The number of methoxy groups -OCH3 is 2. The van der Waals surface area contributed by atoms with E-state index in [0.29, 0.717) is 29.0 Å². The van der Waals surface area contributed by atoms with E-state index in [2.05, 4.69) is 0 Å². The Hall–Kier alpha value is -3.54. The van der Waals surface area contributed by atoms with Gasteiger partial charge in [-0.3, -0.25) is 9.59 Å². The zero-order chi connectivity index (χ0) is 21.8. The Morgan fingerprint density at radius 2 is 1.63 bits per heavy atom. The molecule has 1 amide bonds. The van der Waals surface area contributed by atoms with Crippen LogP contribution in [0.5, 0.6) is 11.5 Å². The predicted octanol–water partition coefficient (Wildman–Crippen LogP) is 4.24. The molecule has 0 radical (unpaired) electrons. The lowest BCUT2D eigenvalue weighted by molar-refractivity contribution is -0.136. The van der Waals surface area contributed by atoms with Gasteiger partial charge in [0.1, 0.15) is 11.5 Å². The summed E-state index contributed by atoms with van der Waals surface area (Å²) in [6.07, 6.45) is 0.492. The molecular weight excluding hydrogens is 382 g/mol. The van der Waals surface area contributed by atoms with E-state index in [1.54, 1.807) is 33.3 Å². The lowest BCUT2D eigenvalue weighted by Gasteiger charge is -2.20. The number of carboxylic acid groups (broad SMARTS) is 1. The summed E-state index contributed by atoms with van der Waals surface area (Å²) in [6, 6.07) is 15.1. The number of carboxylic acids is 1. The molecule has 30 heavy (non-hydrogen) atoms. The molecule has 6 nitrogen and oxygen atoms in total. The number of ether oxygens (including phenoxy) is 2. The third kappa shape index (κ3) is 3.94. The molecule has 0 spiro atoms. The maximum Gasteiger partial charge on any atom is 0.303 e. The fourth-order valence-electron chi connectivity index (χ4n) is 3.66. The van der Waals surface area contributed by atoms with Gasteiger partial charge in [-0.2, -0.15) is 0 Å². The van der Waals surface area contributed by atoms with Gasteiger partial charge in [0.2, 0.25) is 0 Å². The molecule has 3 aromatic rings. The maximum atomic E-state index is 12.7. The quantitative estimate of drug-likeness (QED) is 0.634. The van der Waals surface area contributed by atoms with Gasteiger partial charge in [-0.1, -0.05) is 36.4 Å². The highest BCUT2D eigenvalue weighted by Crippen LogP contribution is 2.44. The molecule has 0 unspecified atom stereocenters. The van der Waals surface area contributed by atoms with Crippen molar-refractivity contribution < 1.29 is 24.2 Å². The number of carbonyl (C=O) groups excluding carboxylic acids is 1. The van der Waals surface area contributed by atoms with Crippen LogP contribution in [-0.2, 0) is 11.2 Å². The number of nitrogens with zero attached hydrogens (tertiary/aromatic N) is 1. The molecule has 0 aliphatic carbocycles. The number of hydrogen-bond acceptors (Lipinski definition) is 4. The summed E-state index contributed by atoms with van der Waals surface area (Å²) in [5, 5.41) is 11.0. The molecule has 3 aromatic carbocycles. The fourth-order valence-corrected chi connectivity index (χ4v) is 3.66. The number of benzene rings is 3. The van der Waals surface area contributed by atoms with E-state index >= 15 is 0 Å². The molecule has 3 rings (SSSR count). The highest BCUT2D eigenvalue weighted by Gasteiger charge is 2.23. The first-order valence-electron chi connectivity index (χ1n) is 9.58. The molecule has 1 N–H and O–H groups in total. The Morgan fingerprint density at radius 1 is 0.933 bits per heavy atom. The minimum absolute atomic E-state index is 0.0583. The van der Waals surface area contributed by atoms with Gasteiger partial charge in [0.25, 0.3) is 5.91 Å². The number of hydrogen-bond donors (Lipinski definition) is 1. The van der Waals surface area contributed by atoms with Crippen molar-refractivity contribution in [3.05, 3.63) is 59.7 Å². The van der Waals surface area contributed by atoms with Crippen LogP contribution >= 0.6 is 0 Å². The van der Waals surface area contributed by atoms with E-state index < -0.39 is 5.97 Å². The van der Waals surface area contributed by atoms with Crippen LogP contribution in [-0.4, -0.2) is 50.2 Å². The first kappa shape index (κ1) is 21.2. The molecule has 156 valence electrons. The zero-order valence-electron chi connectivity index (χ0n) is 17.6. The minimum Gasteiger partial charge on any atom is -0.496 e. The first-order chi connectivity index (χ1) is 14.4. The summed E-state index contributed by atoms with van der Waals surface area (Å²) in [6.45, 7) is 0. The van der Waals surface area contributed by atoms with Crippen molar-refractivity contribution in [3.8, 4) is 22.6 Å². The number of aryl methyl sites for hydroxylation is 1. The molecule has 0 aromatic heterocycles. The molecular formula is C24H25NO5. The second-order valence-electron chi connectivity index (χ2n) is 7.13. The number of aliphatic carboxylic acids is 1. The Labute approximate surface area is 175 Å². The number of fused-ring (bicyclic) bond motifs is 1. The van der Waals surface area contributed by atoms with Gasteiger partial charge in [-0.25, -0.2) is 0 Å². The van der Waals surface area contributed by atoms with Gasteiger partial charge in [-0.05, 0) is 40.5 Å². The van der Waals surface area contributed by atoms with Crippen LogP contribution in [0.15, 0.2) is 48.5 Å². The molecule has 0 bridgehead atoms. The van der Waals surface area contributed by atoms with Crippen molar-refractivity contribution in [2.45, 2.75) is 12.8 Å². The summed E-state index contributed by atoms with van der Waals surface area (Å²) in [5.41, 5.74) is 2.94. The summed E-state index contributed by atoms with van der Waals surface area (Å²) in [7, 11) is 6.50. The number of amides is 1. The summed E-state index contributed by atoms with van der Waals surface area (Å²) < 4.78 is 11.3. The van der Waals surface area contributed by atoms with Gasteiger partial charge in [0.05, 0.1) is 25.3 Å². The lowest BCUT2D eigenvalue weighted by atomic mass is 9.92. The molecule has 0 aliphatic heterocycles. The van der Waals surface area contributed by atoms with E-state index in [-0.39, 0.29) is 12.3 Å². The average Bonchev–Trinajstić information content (AvgIpc) is 2.75. The van der Waals surface area contributed by atoms with Crippen molar-refractivity contribution in [2.24, 2.45) is 0 Å². The Bertz CT molecular complexity index is 1100. The fraction of sp³-hybridized carbons (Fsp3) is 0.250. The van der Waals surface area contributed by atoms with Crippen molar-refractivity contribution >= 4 is 22.6 Å². The maximum absolute atomic E-state index is 12.7. The average molecular weight is 407 g/mol. The summed E-state index contributed by atoms with van der Waals surface area (Å²) >= 11 is 0. The largest absolute Gasteiger partial charge is 0.496 e. The topological polar surface area (TPSA) is 76.1 Å². The number of carbonyl (C=O) groups is 2. The van der Waals surface area contributed by atoms with Crippen LogP contribution < -0.4 is 9.47 Å². The van der Waals surface area contributed by atoms with Gasteiger partial charge < -0.3 is 19.5 Å². The second kappa shape index (κ2) is 8.86. The van der Waals surface area contributed by atoms with E-state index in [4.69, 9.17) is 14.6 Å². The molecule has 0 saturated heterocycles. The Balaban J connectivity index is 2.29. The van der Waals surface area contributed by atoms with Crippen molar-refractivity contribution in [2.75, 3.05) is 28.3 Å². The third-order valence-electron chi connectivity index (χ3n) is 5.07. The first-order valence-corrected chi connectivity index (χ1v) is 9.58. The predicted molar refractivity (Wildman–Crippen MR) is 116 cm³/mol. The van der Waals surface area contributed by atoms with Crippen LogP contribution in [0.25, 0.3) is 21.9 Å². The minimum atomic E-state index is -0.832. The highest BCUT2D eigenvalue weighted by atomic mass is 16.5. The summed E-state index contributed by atoms with van der Waals surface area (Å²) in [5.74, 6) is 0.0293. The molecule has 6 heteroatoms. The molecule has 0 atom stereocenters. The van der Waals surface area contributed by atoms with Gasteiger partial charge in [-0.15, -0.1) is 0 Å². The zero-order valence-corrected chi connectivity index (χ0v) is 17.6. The van der Waals surface area contributed by atoms with Gasteiger partial charge in [0.15, 0.2) is 0 Å². The van der Waals surface area contributed by atoms with Crippen molar-refractivity contribution in [3.63, 3.8) is 0 Å². The van der Waals surface area contributed by atoms with E-state index in [1.807, 2.05) is 36.4 Å². The van der Waals surface area contributed by atoms with Crippen LogP contribution in [0.4, 0.5) is 0 Å². The van der Waals surface area contributed by atoms with Crippen LogP contribution in [0.2, 0.25) is 0 Å². The van der Waals surface area contributed by atoms with E-state index in [1.165, 1.54) is 12.0 Å². The molecule has 0 aliphatic rings. The van der Waals surface area contributed by atoms with Crippen LogP contribution in [0, 0.1) is 0 Å². The second-order valence-corrected chi connectivity index (χ2v) is 7.13. The third-order valence-corrected chi connectivity index (χ3v) is 5.07. The van der Waals surface area contributed by atoms with Crippen LogP contribution in [0.3, 0.4) is 0 Å². The highest BCUT2D eigenvalue weighted by molar-refractivity contribution is 6.05. The van der Waals surface area contributed by atoms with Gasteiger partial charge in [0, 0.05) is 20.5 Å². The number of rotatable bonds is 7. The SMILES string of the molecule is COc1ccc(C(=O)N(C)C)c(OC)c1-c1cccc2c(CCC(=O)O)cccc12. The van der Waals surface area contributed by atoms with E-state index in [9.17, 15) is 9.59 Å². The smallest absolute Gasteiger partial charge is 0.303 e. The monoisotopic (exact) mass is 407 g/mol. The summed E-state index contributed by atoms with van der Waals surface area (Å²) in [4.78, 5) is 25.3. The Morgan fingerprint density at radius 3 is 2.27 bits per heavy atom.